The van der Waals surface area contributed by atoms with Crippen LogP contribution in [0.3, 0.4) is 0 Å². The van der Waals surface area contributed by atoms with Crippen LogP contribution in [-0.4, -0.2) is 50.8 Å². The summed E-state index contributed by atoms with van der Waals surface area (Å²) >= 11 is 0. The minimum atomic E-state index is -3.66. The van der Waals surface area contributed by atoms with E-state index in [-0.39, 0.29) is 6.04 Å². The van der Waals surface area contributed by atoms with E-state index in [1.165, 1.54) is 4.90 Å². The van der Waals surface area contributed by atoms with E-state index in [4.69, 9.17) is 9.47 Å². The Hall–Kier alpha value is -1.80. The number of fused-ring (bicyclic) bond motifs is 1. The van der Waals surface area contributed by atoms with Crippen LogP contribution in [0.5, 0.6) is 11.5 Å². The van der Waals surface area contributed by atoms with Crippen LogP contribution in [0.1, 0.15) is 45.1 Å². The second-order valence-corrected chi connectivity index (χ2v) is 9.44. The van der Waals surface area contributed by atoms with Crippen LogP contribution in [0, 0.1) is 5.92 Å². The Balaban J connectivity index is 1.62. The Morgan fingerprint density at radius 1 is 1.18 bits per heavy atom. The normalized spacial score (nSPS) is 21.9. The van der Waals surface area contributed by atoms with Crippen molar-refractivity contribution in [3.63, 3.8) is 0 Å². The number of rotatable bonds is 7. The topological polar surface area (TPSA) is 84.9 Å². The van der Waals surface area contributed by atoms with Crippen LogP contribution in [0.2, 0.25) is 0 Å². The van der Waals surface area contributed by atoms with E-state index in [2.05, 4.69) is 11.6 Å². The molecule has 1 heterocycles. The molecule has 1 saturated carbocycles. The molecule has 2 aliphatic rings. The van der Waals surface area contributed by atoms with Crippen LogP contribution < -0.4 is 14.2 Å². The van der Waals surface area contributed by atoms with E-state index in [1.807, 2.05) is 25.1 Å². The molecule has 1 aromatic rings. The van der Waals surface area contributed by atoms with Gasteiger partial charge in [-0.05, 0) is 44.6 Å². The van der Waals surface area contributed by atoms with E-state index in [0.717, 1.165) is 31.2 Å². The average molecular weight is 411 g/mol. The van der Waals surface area contributed by atoms with Crippen molar-refractivity contribution in [2.24, 2.45) is 5.92 Å². The average Bonchev–Trinajstić information content (AvgIpc) is 2.67. The van der Waals surface area contributed by atoms with Gasteiger partial charge in [-0.1, -0.05) is 19.1 Å². The summed E-state index contributed by atoms with van der Waals surface area (Å²) in [5.41, 5.74) is 0.819. The molecule has 28 heavy (non-hydrogen) atoms. The molecule has 1 aliphatic heterocycles. The maximum Gasteiger partial charge on any atom is 0.239 e. The van der Waals surface area contributed by atoms with Crippen molar-refractivity contribution in [3.8, 4) is 11.5 Å². The van der Waals surface area contributed by atoms with Gasteiger partial charge in [-0.15, -0.1) is 0 Å². The minimum Gasteiger partial charge on any atom is -0.486 e. The molecule has 1 amide bonds. The quantitative estimate of drug-likeness (QED) is 0.746. The Bertz CT molecular complexity index is 788. The van der Waals surface area contributed by atoms with Crippen LogP contribution in [0.4, 0.5) is 0 Å². The molecular formula is C20H30N2O5S. The molecule has 0 bridgehead atoms. The molecule has 0 unspecified atom stereocenters. The number of nitrogens with zero attached hydrogens (tertiary/aromatic N) is 1. The van der Waals surface area contributed by atoms with Crippen molar-refractivity contribution in [2.45, 2.75) is 52.1 Å². The predicted octanol–water partition coefficient (Wildman–Crippen LogP) is 2.30. The number of para-hydroxylation sites is 1. The van der Waals surface area contributed by atoms with Gasteiger partial charge in [-0.25, -0.2) is 13.1 Å². The number of nitrogens with one attached hydrogen (secondary N) is 1. The molecule has 7 nitrogen and oxygen atoms in total. The summed E-state index contributed by atoms with van der Waals surface area (Å²) in [4.78, 5) is 14.2. The summed E-state index contributed by atoms with van der Waals surface area (Å²) in [5.74, 6) is 0.999. The standard InChI is InChI=1S/C20H30N2O5S/c1-3-22(13-16-5-4-6-18-20(16)27-12-11-26-18)19(23)14-28(24,25)21-17-9-7-15(2)8-10-17/h4-6,15,17,21H,3,7-14H2,1-2H3. The van der Waals surface area contributed by atoms with Crippen molar-refractivity contribution in [3.05, 3.63) is 23.8 Å². The molecule has 0 saturated heterocycles. The van der Waals surface area contributed by atoms with Gasteiger partial charge in [0.25, 0.3) is 0 Å². The molecule has 156 valence electrons. The minimum absolute atomic E-state index is 0.0595. The molecule has 1 N–H and O–H groups in total. The zero-order valence-electron chi connectivity index (χ0n) is 16.6. The van der Waals surface area contributed by atoms with Gasteiger partial charge in [-0.3, -0.25) is 4.79 Å². The molecule has 0 aromatic heterocycles. The maximum absolute atomic E-state index is 12.7. The highest BCUT2D eigenvalue weighted by molar-refractivity contribution is 7.90. The van der Waals surface area contributed by atoms with Gasteiger partial charge in [0, 0.05) is 24.7 Å². The lowest BCUT2D eigenvalue weighted by Crippen LogP contribution is -2.43. The van der Waals surface area contributed by atoms with Crippen LogP contribution >= 0.6 is 0 Å². The van der Waals surface area contributed by atoms with E-state index >= 15 is 0 Å². The zero-order valence-corrected chi connectivity index (χ0v) is 17.5. The third-order valence-corrected chi connectivity index (χ3v) is 6.74. The summed E-state index contributed by atoms with van der Waals surface area (Å²) in [5, 5.41) is 0. The summed E-state index contributed by atoms with van der Waals surface area (Å²) in [6, 6.07) is 5.49. The number of carbonyl (C=O) groups excluding carboxylic acids is 1. The van der Waals surface area contributed by atoms with Crippen molar-refractivity contribution < 1.29 is 22.7 Å². The van der Waals surface area contributed by atoms with Crippen LogP contribution in [0.25, 0.3) is 0 Å². The highest BCUT2D eigenvalue weighted by atomic mass is 32.2. The van der Waals surface area contributed by atoms with Gasteiger partial charge in [-0.2, -0.15) is 0 Å². The van der Waals surface area contributed by atoms with Gasteiger partial charge in [0.15, 0.2) is 11.5 Å². The molecular weight excluding hydrogens is 380 g/mol. The van der Waals surface area contributed by atoms with Crippen LogP contribution in [0.15, 0.2) is 18.2 Å². The number of sulfonamides is 1. The Morgan fingerprint density at radius 3 is 2.61 bits per heavy atom. The van der Waals surface area contributed by atoms with Crippen molar-refractivity contribution in [1.29, 1.82) is 0 Å². The summed E-state index contributed by atoms with van der Waals surface area (Å²) in [6.07, 6.45) is 3.70. The first-order valence-corrected chi connectivity index (χ1v) is 11.7. The molecule has 0 radical (unpaired) electrons. The SMILES string of the molecule is CCN(Cc1cccc2c1OCCO2)C(=O)CS(=O)(=O)NC1CCC(C)CC1. The molecule has 1 aliphatic carbocycles. The van der Waals surface area contributed by atoms with E-state index in [1.54, 1.807) is 0 Å². The lowest BCUT2D eigenvalue weighted by Gasteiger charge is -2.28. The van der Waals surface area contributed by atoms with E-state index in [0.29, 0.717) is 43.7 Å². The highest BCUT2D eigenvalue weighted by Crippen LogP contribution is 2.34. The molecule has 8 heteroatoms. The number of hydrogen-bond donors (Lipinski definition) is 1. The lowest BCUT2D eigenvalue weighted by molar-refractivity contribution is -0.128. The third kappa shape index (κ3) is 5.38. The fourth-order valence-corrected chi connectivity index (χ4v) is 5.10. The fourth-order valence-electron chi connectivity index (χ4n) is 3.77. The van der Waals surface area contributed by atoms with Crippen molar-refractivity contribution in [2.75, 3.05) is 25.5 Å². The second-order valence-electron chi connectivity index (χ2n) is 7.68. The monoisotopic (exact) mass is 410 g/mol. The van der Waals surface area contributed by atoms with Crippen LogP contribution in [-0.2, 0) is 21.4 Å². The van der Waals surface area contributed by atoms with Gasteiger partial charge >= 0.3 is 0 Å². The number of hydrogen-bond acceptors (Lipinski definition) is 5. The van der Waals surface area contributed by atoms with Gasteiger partial charge < -0.3 is 14.4 Å². The largest absolute Gasteiger partial charge is 0.486 e. The molecule has 0 spiro atoms. The molecule has 1 aromatic carbocycles. The molecule has 0 atom stereocenters. The second kappa shape index (κ2) is 9.13. The summed E-state index contributed by atoms with van der Waals surface area (Å²) in [7, 11) is -3.66. The van der Waals surface area contributed by atoms with Crippen molar-refractivity contribution in [1.82, 2.24) is 9.62 Å². The van der Waals surface area contributed by atoms with Gasteiger partial charge in [0.2, 0.25) is 15.9 Å². The first-order valence-electron chi connectivity index (χ1n) is 10.0. The summed E-state index contributed by atoms with van der Waals surface area (Å²) in [6.45, 7) is 5.69. The smallest absolute Gasteiger partial charge is 0.239 e. The number of ether oxygens (including phenoxy) is 2. The molecule has 1 fully saturated rings. The first-order chi connectivity index (χ1) is 13.4. The third-order valence-electron chi connectivity index (χ3n) is 5.42. The maximum atomic E-state index is 12.7. The van der Waals surface area contributed by atoms with Crippen molar-refractivity contribution >= 4 is 15.9 Å². The number of benzene rings is 1. The van der Waals surface area contributed by atoms with E-state index in [9.17, 15) is 13.2 Å². The lowest BCUT2D eigenvalue weighted by atomic mass is 9.88. The predicted molar refractivity (Wildman–Crippen MR) is 107 cm³/mol. The zero-order chi connectivity index (χ0) is 20.1. The molecule has 3 rings (SSSR count). The van der Waals surface area contributed by atoms with Gasteiger partial charge in [0.05, 0.1) is 0 Å². The number of carbonyl (C=O) groups is 1. The number of amides is 1. The Morgan fingerprint density at radius 2 is 1.89 bits per heavy atom. The Kier molecular flexibility index (Phi) is 6.82. The fraction of sp³-hybridized carbons (Fsp3) is 0.650. The Labute approximate surface area is 167 Å². The first kappa shape index (κ1) is 20.9. The summed E-state index contributed by atoms with van der Waals surface area (Å²) < 4.78 is 39.0. The van der Waals surface area contributed by atoms with E-state index < -0.39 is 21.7 Å². The van der Waals surface area contributed by atoms with Gasteiger partial charge in [0.1, 0.15) is 19.0 Å². The highest BCUT2D eigenvalue weighted by Gasteiger charge is 2.27.